The second-order valence-electron chi connectivity index (χ2n) is 7.42. The van der Waals surface area contributed by atoms with E-state index in [-0.39, 0.29) is 19.0 Å². The van der Waals surface area contributed by atoms with Crippen LogP contribution in [0.5, 0.6) is 0 Å². The van der Waals surface area contributed by atoms with Crippen molar-refractivity contribution in [3.8, 4) is 0 Å². The normalized spacial score (nSPS) is 18.3. The molecule has 158 valence electrons. The lowest BCUT2D eigenvalue weighted by molar-refractivity contribution is -0.139. The molecule has 1 fully saturated rings. The summed E-state index contributed by atoms with van der Waals surface area (Å²) in [4.78, 5) is 51.9. The Hall–Kier alpha value is -3.62. The van der Waals surface area contributed by atoms with Crippen molar-refractivity contribution >= 4 is 23.8 Å². The molecule has 1 atom stereocenters. The molecule has 0 aliphatic carbocycles. The molecule has 0 bridgehead atoms. The SMILES string of the molecule is Cc1ccc([C@@]2(C)NC(=O)N(CC(=O)N(C)CC(=O)NCc3ccco3)C2=O)cc1. The first-order chi connectivity index (χ1) is 14.2. The first kappa shape index (κ1) is 21.1. The summed E-state index contributed by atoms with van der Waals surface area (Å²) in [5, 5.41) is 5.30. The summed E-state index contributed by atoms with van der Waals surface area (Å²) in [5.74, 6) is -0.837. The minimum Gasteiger partial charge on any atom is -0.467 e. The highest BCUT2D eigenvalue weighted by molar-refractivity contribution is 6.09. The summed E-state index contributed by atoms with van der Waals surface area (Å²) in [6.45, 7) is 3.07. The van der Waals surface area contributed by atoms with E-state index in [9.17, 15) is 19.2 Å². The predicted molar refractivity (Wildman–Crippen MR) is 107 cm³/mol. The molecule has 3 rings (SSSR count). The van der Waals surface area contributed by atoms with Crippen molar-refractivity contribution in [1.29, 1.82) is 0 Å². The van der Waals surface area contributed by atoms with Gasteiger partial charge in [-0.1, -0.05) is 29.8 Å². The van der Waals surface area contributed by atoms with E-state index in [1.807, 2.05) is 19.1 Å². The monoisotopic (exact) mass is 412 g/mol. The Morgan fingerprint density at radius 3 is 2.53 bits per heavy atom. The molecule has 1 aromatic carbocycles. The summed E-state index contributed by atoms with van der Waals surface area (Å²) >= 11 is 0. The average Bonchev–Trinajstić information content (AvgIpc) is 3.30. The third kappa shape index (κ3) is 4.35. The quantitative estimate of drug-likeness (QED) is 0.662. The molecular formula is C21H24N4O5. The van der Waals surface area contributed by atoms with Crippen LogP contribution < -0.4 is 10.6 Å². The Labute approximate surface area is 174 Å². The summed E-state index contributed by atoms with van der Waals surface area (Å²) < 4.78 is 5.13. The zero-order valence-electron chi connectivity index (χ0n) is 17.1. The number of nitrogens with one attached hydrogen (secondary N) is 2. The third-order valence-corrected chi connectivity index (χ3v) is 5.04. The number of aryl methyl sites for hydroxylation is 1. The van der Waals surface area contributed by atoms with Crippen LogP contribution in [0.2, 0.25) is 0 Å². The molecule has 2 heterocycles. The molecule has 1 saturated heterocycles. The number of hydrogen-bond donors (Lipinski definition) is 2. The summed E-state index contributed by atoms with van der Waals surface area (Å²) in [6.07, 6.45) is 1.50. The van der Waals surface area contributed by atoms with E-state index in [2.05, 4.69) is 10.6 Å². The van der Waals surface area contributed by atoms with Crippen LogP contribution in [-0.2, 0) is 26.5 Å². The maximum Gasteiger partial charge on any atom is 0.325 e. The Bertz CT molecular complexity index is 954. The number of benzene rings is 1. The third-order valence-electron chi connectivity index (χ3n) is 5.04. The van der Waals surface area contributed by atoms with E-state index in [1.54, 1.807) is 31.2 Å². The number of urea groups is 1. The number of amides is 5. The lowest BCUT2D eigenvalue weighted by atomic mass is 9.91. The lowest BCUT2D eigenvalue weighted by Gasteiger charge is -2.23. The van der Waals surface area contributed by atoms with Crippen LogP contribution in [0.1, 0.15) is 23.8 Å². The van der Waals surface area contributed by atoms with Crippen molar-refractivity contribution in [3.05, 3.63) is 59.5 Å². The molecule has 0 spiro atoms. The molecule has 1 aromatic heterocycles. The van der Waals surface area contributed by atoms with Gasteiger partial charge < -0.3 is 20.0 Å². The smallest absolute Gasteiger partial charge is 0.325 e. The minimum absolute atomic E-state index is 0.204. The maximum absolute atomic E-state index is 12.9. The van der Waals surface area contributed by atoms with Crippen LogP contribution in [0.25, 0.3) is 0 Å². The van der Waals surface area contributed by atoms with Crippen LogP contribution >= 0.6 is 0 Å². The molecule has 9 nitrogen and oxygen atoms in total. The van der Waals surface area contributed by atoms with Gasteiger partial charge in [0.2, 0.25) is 11.8 Å². The highest BCUT2D eigenvalue weighted by Gasteiger charge is 2.49. The van der Waals surface area contributed by atoms with Crippen molar-refractivity contribution in [2.75, 3.05) is 20.1 Å². The topological polar surface area (TPSA) is 112 Å². The first-order valence-electron chi connectivity index (χ1n) is 9.45. The molecule has 30 heavy (non-hydrogen) atoms. The maximum atomic E-state index is 12.9. The van der Waals surface area contributed by atoms with E-state index in [0.717, 1.165) is 10.5 Å². The molecule has 0 radical (unpaired) electrons. The molecule has 0 saturated carbocycles. The Kier molecular flexibility index (Phi) is 5.91. The minimum atomic E-state index is -1.25. The molecular weight excluding hydrogens is 388 g/mol. The summed E-state index contributed by atoms with van der Waals surface area (Å²) in [7, 11) is 1.44. The van der Waals surface area contributed by atoms with Gasteiger partial charge in [-0.05, 0) is 31.5 Å². The van der Waals surface area contributed by atoms with Gasteiger partial charge >= 0.3 is 6.03 Å². The van der Waals surface area contributed by atoms with Gasteiger partial charge in [-0.2, -0.15) is 0 Å². The molecule has 5 amide bonds. The number of imide groups is 1. The Morgan fingerprint density at radius 2 is 1.90 bits per heavy atom. The Morgan fingerprint density at radius 1 is 1.20 bits per heavy atom. The number of likely N-dealkylation sites (N-methyl/N-ethyl adjacent to an activating group) is 1. The lowest BCUT2D eigenvalue weighted by Crippen LogP contribution is -2.45. The van der Waals surface area contributed by atoms with Crippen molar-refractivity contribution in [2.24, 2.45) is 0 Å². The van der Waals surface area contributed by atoms with E-state index in [4.69, 9.17) is 4.42 Å². The fraction of sp³-hybridized carbons (Fsp3) is 0.333. The standard InChI is InChI=1S/C21H24N4O5/c1-14-6-8-15(9-7-14)21(2)19(28)25(20(29)23-21)13-18(27)24(3)12-17(26)22-11-16-5-4-10-30-16/h4-10H,11-13H2,1-3H3,(H,22,26)(H,23,29)/t21-/m1/s1. The van der Waals surface area contributed by atoms with Gasteiger partial charge in [0, 0.05) is 7.05 Å². The van der Waals surface area contributed by atoms with Gasteiger partial charge in [0.15, 0.2) is 0 Å². The number of hydrogen-bond acceptors (Lipinski definition) is 5. The number of carbonyl (C=O) groups is 4. The first-order valence-corrected chi connectivity index (χ1v) is 9.45. The molecule has 1 aliphatic rings. The zero-order chi connectivity index (χ0) is 21.9. The zero-order valence-corrected chi connectivity index (χ0v) is 17.1. The van der Waals surface area contributed by atoms with E-state index in [0.29, 0.717) is 11.3 Å². The van der Waals surface area contributed by atoms with Gasteiger partial charge in [0.1, 0.15) is 17.8 Å². The Balaban J connectivity index is 1.58. The van der Waals surface area contributed by atoms with Crippen molar-refractivity contribution in [2.45, 2.75) is 25.9 Å². The van der Waals surface area contributed by atoms with Crippen molar-refractivity contribution < 1.29 is 23.6 Å². The van der Waals surface area contributed by atoms with Crippen molar-refractivity contribution in [1.82, 2.24) is 20.4 Å². The van der Waals surface area contributed by atoms with Crippen LogP contribution in [-0.4, -0.2) is 53.7 Å². The molecule has 2 aromatic rings. The summed E-state index contributed by atoms with van der Waals surface area (Å²) in [6, 6.07) is 10.0. The van der Waals surface area contributed by atoms with Gasteiger partial charge in [-0.25, -0.2) is 4.79 Å². The largest absolute Gasteiger partial charge is 0.467 e. The predicted octanol–water partition coefficient (Wildman–Crippen LogP) is 1.13. The van der Waals surface area contributed by atoms with Crippen LogP contribution in [0, 0.1) is 6.92 Å². The van der Waals surface area contributed by atoms with Crippen LogP contribution in [0.4, 0.5) is 4.79 Å². The van der Waals surface area contributed by atoms with Gasteiger partial charge in [0.25, 0.3) is 5.91 Å². The van der Waals surface area contributed by atoms with Gasteiger partial charge in [0.05, 0.1) is 19.4 Å². The highest BCUT2D eigenvalue weighted by atomic mass is 16.3. The van der Waals surface area contributed by atoms with Crippen LogP contribution in [0.15, 0.2) is 47.1 Å². The van der Waals surface area contributed by atoms with Crippen molar-refractivity contribution in [3.63, 3.8) is 0 Å². The summed E-state index contributed by atoms with van der Waals surface area (Å²) in [5.41, 5.74) is 0.412. The average molecular weight is 412 g/mol. The van der Waals surface area contributed by atoms with Gasteiger partial charge in [-0.15, -0.1) is 0 Å². The molecule has 1 aliphatic heterocycles. The number of nitrogens with zero attached hydrogens (tertiary/aromatic N) is 2. The van der Waals surface area contributed by atoms with E-state index < -0.39 is 29.9 Å². The second kappa shape index (κ2) is 8.40. The van der Waals surface area contributed by atoms with Gasteiger partial charge in [-0.3, -0.25) is 19.3 Å². The molecule has 9 heteroatoms. The highest BCUT2D eigenvalue weighted by Crippen LogP contribution is 2.28. The fourth-order valence-corrected chi connectivity index (χ4v) is 3.14. The number of rotatable bonds is 7. The number of carbonyl (C=O) groups excluding carboxylic acids is 4. The van der Waals surface area contributed by atoms with E-state index >= 15 is 0 Å². The molecule has 0 unspecified atom stereocenters. The van der Waals surface area contributed by atoms with E-state index in [1.165, 1.54) is 18.2 Å². The second-order valence-corrected chi connectivity index (χ2v) is 7.42. The molecule has 2 N–H and O–H groups in total. The van der Waals surface area contributed by atoms with Crippen LogP contribution in [0.3, 0.4) is 0 Å². The number of furan rings is 1. The fourth-order valence-electron chi connectivity index (χ4n) is 3.14.